The Labute approximate surface area is 173 Å². The van der Waals surface area contributed by atoms with Gasteiger partial charge in [-0.1, -0.05) is 0 Å². The molecule has 0 fully saturated rings. The van der Waals surface area contributed by atoms with E-state index >= 15 is 0 Å². The number of cyclic esters (lactones) is 1. The van der Waals surface area contributed by atoms with Crippen molar-refractivity contribution in [3.63, 3.8) is 0 Å². The van der Waals surface area contributed by atoms with Gasteiger partial charge in [0.1, 0.15) is 19.8 Å². The maximum atomic E-state index is 12.7. The highest BCUT2D eigenvalue weighted by molar-refractivity contribution is 5.97. The fraction of sp³-hybridized carbons (Fsp3) is 0.318. The van der Waals surface area contributed by atoms with E-state index in [1.165, 1.54) is 0 Å². The number of nitrogens with one attached hydrogen (secondary N) is 1. The lowest BCUT2D eigenvalue weighted by Gasteiger charge is -2.30. The number of methoxy groups -OCH3 is 3. The second kappa shape index (κ2) is 7.05. The second-order valence-corrected chi connectivity index (χ2v) is 7.07. The van der Waals surface area contributed by atoms with Crippen molar-refractivity contribution in [2.75, 3.05) is 46.5 Å². The number of rotatable bonds is 4. The third-order valence-electron chi connectivity index (χ3n) is 5.51. The van der Waals surface area contributed by atoms with E-state index in [9.17, 15) is 4.79 Å². The quantitative estimate of drug-likeness (QED) is 0.769. The summed E-state index contributed by atoms with van der Waals surface area (Å²) in [4.78, 5) is 12.7. The van der Waals surface area contributed by atoms with Gasteiger partial charge >= 0.3 is 5.97 Å². The van der Waals surface area contributed by atoms with Crippen molar-refractivity contribution in [2.24, 2.45) is 0 Å². The molecular weight excluding hydrogens is 390 g/mol. The van der Waals surface area contributed by atoms with Crippen molar-refractivity contribution < 1.29 is 33.2 Å². The lowest BCUT2D eigenvalue weighted by molar-refractivity contribution is -0.136. The molecule has 3 aliphatic rings. The molecule has 0 aromatic heterocycles. The van der Waals surface area contributed by atoms with Crippen LogP contribution in [-0.2, 0) is 9.53 Å². The summed E-state index contributed by atoms with van der Waals surface area (Å²) in [6, 6.07) is 7.53. The van der Waals surface area contributed by atoms with Gasteiger partial charge in [-0.3, -0.25) is 0 Å². The molecule has 0 amide bonds. The number of ether oxygens (including phenoxy) is 6. The molecule has 2 aromatic carbocycles. The third kappa shape index (κ3) is 2.71. The lowest BCUT2D eigenvalue weighted by atomic mass is 9.80. The van der Waals surface area contributed by atoms with Crippen LogP contribution in [0.4, 0.5) is 5.69 Å². The topological polar surface area (TPSA) is 84.5 Å². The molecule has 1 N–H and O–H groups in total. The lowest BCUT2D eigenvalue weighted by Crippen LogP contribution is -2.22. The number of carbonyl (C=O) groups is 1. The molecule has 156 valence electrons. The Balaban J connectivity index is 1.73. The van der Waals surface area contributed by atoms with Gasteiger partial charge in [0.15, 0.2) is 23.0 Å². The van der Waals surface area contributed by atoms with Gasteiger partial charge in [-0.05, 0) is 29.3 Å². The fourth-order valence-corrected chi connectivity index (χ4v) is 4.20. The largest absolute Gasteiger partial charge is 0.493 e. The number of benzene rings is 2. The first-order chi connectivity index (χ1) is 14.6. The van der Waals surface area contributed by atoms with Gasteiger partial charge in [-0.15, -0.1) is 0 Å². The van der Waals surface area contributed by atoms with Gasteiger partial charge in [0.05, 0.1) is 32.6 Å². The van der Waals surface area contributed by atoms with Crippen molar-refractivity contribution in [3.8, 4) is 28.7 Å². The summed E-state index contributed by atoms with van der Waals surface area (Å²) in [5, 5.41) is 3.33. The Morgan fingerprint density at radius 2 is 1.57 bits per heavy atom. The van der Waals surface area contributed by atoms with E-state index < -0.39 is 5.92 Å². The first-order valence-electron chi connectivity index (χ1n) is 9.55. The zero-order valence-electron chi connectivity index (χ0n) is 16.9. The van der Waals surface area contributed by atoms with Gasteiger partial charge in [-0.2, -0.15) is 0 Å². The number of esters is 1. The minimum absolute atomic E-state index is 0.197. The van der Waals surface area contributed by atoms with E-state index in [1.54, 1.807) is 21.3 Å². The van der Waals surface area contributed by atoms with Gasteiger partial charge in [0.25, 0.3) is 0 Å². The van der Waals surface area contributed by atoms with Crippen molar-refractivity contribution in [3.05, 3.63) is 46.7 Å². The van der Waals surface area contributed by atoms with Crippen LogP contribution in [0.3, 0.4) is 0 Å². The molecule has 30 heavy (non-hydrogen) atoms. The maximum Gasteiger partial charge on any atom is 0.337 e. The summed E-state index contributed by atoms with van der Waals surface area (Å²) in [5.74, 6) is 2.09. The molecule has 3 aliphatic heterocycles. The van der Waals surface area contributed by atoms with Crippen molar-refractivity contribution in [1.82, 2.24) is 0 Å². The van der Waals surface area contributed by atoms with Crippen LogP contribution in [0.5, 0.6) is 28.7 Å². The van der Waals surface area contributed by atoms with Gasteiger partial charge in [-0.25, -0.2) is 4.79 Å². The third-order valence-corrected chi connectivity index (χ3v) is 5.51. The normalized spacial score (nSPS) is 18.8. The summed E-state index contributed by atoms with van der Waals surface area (Å²) in [5.41, 5.74) is 3.84. The number of hydrogen-bond acceptors (Lipinski definition) is 8. The molecule has 2 aromatic rings. The molecule has 0 radical (unpaired) electrons. The molecule has 0 saturated carbocycles. The Morgan fingerprint density at radius 1 is 0.900 bits per heavy atom. The summed E-state index contributed by atoms with van der Waals surface area (Å²) in [7, 11) is 4.68. The summed E-state index contributed by atoms with van der Waals surface area (Å²) in [6.45, 7) is 1.17. The average molecular weight is 411 g/mol. The maximum absolute atomic E-state index is 12.7. The number of carbonyl (C=O) groups excluding carboxylic acids is 1. The van der Waals surface area contributed by atoms with Gasteiger partial charge in [0, 0.05) is 17.7 Å². The highest BCUT2D eigenvalue weighted by atomic mass is 16.6. The fourth-order valence-electron chi connectivity index (χ4n) is 4.20. The molecule has 0 spiro atoms. The first kappa shape index (κ1) is 18.5. The Morgan fingerprint density at radius 3 is 2.20 bits per heavy atom. The monoisotopic (exact) mass is 411 g/mol. The predicted molar refractivity (Wildman–Crippen MR) is 107 cm³/mol. The van der Waals surface area contributed by atoms with Crippen LogP contribution in [0.15, 0.2) is 35.5 Å². The standard InChI is InChI=1S/C22H21NO7/c1-25-17-6-11(7-18(26-2)21(17)27-3)19-12-8-15-16(29-5-4-28-15)9-13(12)23-14-10-30-22(24)20(14)19/h6-9,19,23H,4-5,10H2,1-3H3. The van der Waals surface area contributed by atoms with Crippen LogP contribution in [0, 0.1) is 0 Å². The molecule has 0 saturated heterocycles. The molecule has 0 bridgehead atoms. The summed E-state index contributed by atoms with van der Waals surface area (Å²) in [6.07, 6.45) is 0. The van der Waals surface area contributed by atoms with E-state index in [1.807, 2.05) is 24.3 Å². The highest BCUT2D eigenvalue weighted by Gasteiger charge is 2.40. The summed E-state index contributed by atoms with van der Waals surface area (Å²) < 4.78 is 33.4. The number of hydrogen-bond donors (Lipinski definition) is 1. The Hall–Kier alpha value is -3.55. The highest BCUT2D eigenvalue weighted by Crippen LogP contribution is 2.50. The van der Waals surface area contributed by atoms with Gasteiger partial charge in [0.2, 0.25) is 5.75 Å². The average Bonchev–Trinajstić information content (AvgIpc) is 3.15. The van der Waals surface area contributed by atoms with Crippen LogP contribution < -0.4 is 29.0 Å². The molecule has 0 aliphatic carbocycles. The zero-order valence-corrected chi connectivity index (χ0v) is 16.9. The zero-order chi connectivity index (χ0) is 20.8. The van der Waals surface area contributed by atoms with E-state index in [4.69, 9.17) is 28.4 Å². The Bertz CT molecular complexity index is 1050. The van der Waals surface area contributed by atoms with Crippen molar-refractivity contribution in [1.29, 1.82) is 0 Å². The molecule has 8 heteroatoms. The SMILES string of the molecule is COc1cc(C2C3=C(COC3=O)Nc3cc4c(cc32)OCCO4)cc(OC)c1OC. The van der Waals surface area contributed by atoms with Gasteiger partial charge < -0.3 is 33.7 Å². The van der Waals surface area contributed by atoms with Crippen molar-refractivity contribution >= 4 is 11.7 Å². The minimum Gasteiger partial charge on any atom is -0.493 e. The van der Waals surface area contributed by atoms with Crippen LogP contribution in [-0.4, -0.2) is 47.1 Å². The molecular formula is C22H21NO7. The van der Waals surface area contributed by atoms with Crippen molar-refractivity contribution in [2.45, 2.75) is 5.92 Å². The Kier molecular flexibility index (Phi) is 4.34. The van der Waals surface area contributed by atoms with Crippen LogP contribution in [0.1, 0.15) is 17.0 Å². The minimum atomic E-state index is -0.393. The predicted octanol–water partition coefficient (Wildman–Crippen LogP) is 2.85. The summed E-state index contributed by atoms with van der Waals surface area (Å²) >= 11 is 0. The number of fused-ring (bicyclic) bond motifs is 2. The first-order valence-corrected chi connectivity index (χ1v) is 9.55. The second-order valence-electron chi connectivity index (χ2n) is 7.07. The smallest absolute Gasteiger partial charge is 0.337 e. The van der Waals surface area contributed by atoms with Crippen LogP contribution in [0.25, 0.3) is 0 Å². The van der Waals surface area contributed by atoms with E-state index in [2.05, 4.69) is 5.32 Å². The van der Waals surface area contributed by atoms with E-state index in [0.717, 1.165) is 22.5 Å². The van der Waals surface area contributed by atoms with Crippen LogP contribution >= 0.6 is 0 Å². The van der Waals surface area contributed by atoms with Crippen LogP contribution in [0.2, 0.25) is 0 Å². The number of anilines is 1. The molecule has 1 atom stereocenters. The van der Waals surface area contributed by atoms with E-state index in [-0.39, 0.29) is 12.6 Å². The molecule has 5 rings (SSSR count). The molecule has 3 heterocycles. The molecule has 1 unspecified atom stereocenters. The van der Waals surface area contributed by atoms with E-state index in [0.29, 0.717) is 47.5 Å². The molecule has 8 nitrogen and oxygen atoms in total.